The lowest BCUT2D eigenvalue weighted by Crippen LogP contribution is -2.18. The van der Waals surface area contributed by atoms with Gasteiger partial charge in [-0.3, -0.25) is 4.79 Å². The first-order valence-electron chi connectivity index (χ1n) is 4.17. The molecule has 1 N–H and O–H groups in total. The molecule has 0 aliphatic heterocycles. The van der Waals surface area contributed by atoms with Crippen LogP contribution in [0.15, 0.2) is 24.3 Å². The van der Waals surface area contributed by atoms with Crippen molar-refractivity contribution >= 4 is 20.7 Å². The number of halogens is 1. The summed E-state index contributed by atoms with van der Waals surface area (Å²) in [7, 11) is 0. The lowest BCUT2D eigenvalue weighted by atomic mass is 10.1. The van der Waals surface area contributed by atoms with Crippen LogP contribution >= 0.6 is 15.9 Å². The number of carbonyl (C=O) groups excluding carboxylic acids is 1. The van der Waals surface area contributed by atoms with E-state index in [9.17, 15) is 4.79 Å². The molecule has 1 rings (SSSR count). The van der Waals surface area contributed by atoms with Gasteiger partial charge in [0.15, 0.2) is 0 Å². The van der Waals surface area contributed by atoms with Crippen LogP contribution in [0.25, 0.3) is 0 Å². The molecule has 3 heteroatoms. The highest BCUT2D eigenvalue weighted by molar-refractivity contribution is 9.18. The van der Waals surface area contributed by atoms with Gasteiger partial charge in [-0.1, -0.05) is 29.8 Å². The Kier molecular flexibility index (Phi) is 3.96. The van der Waals surface area contributed by atoms with Gasteiger partial charge in [0.1, 0.15) is 0 Å². The molecular formula is C10H12BrNO. The molecule has 0 fully saturated rings. The molecule has 1 aromatic rings. The Morgan fingerprint density at radius 1 is 1.38 bits per heavy atom. The van der Waals surface area contributed by atoms with E-state index in [-0.39, 0.29) is 4.82 Å². The van der Waals surface area contributed by atoms with Crippen molar-refractivity contribution in [2.75, 3.05) is 6.54 Å². The molecule has 13 heavy (non-hydrogen) atoms. The van der Waals surface area contributed by atoms with Crippen LogP contribution in [0.5, 0.6) is 0 Å². The first kappa shape index (κ1) is 10.3. The third kappa shape index (κ3) is 4.08. The Balaban J connectivity index is 2.37. The molecule has 1 amide bonds. The highest BCUT2D eigenvalue weighted by atomic mass is 79.9. The van der Waals surface area contributed by atoms with Crippen LogP contribution < -0.4 is 5.32 Å². The minimum atomic E-state index is -0.153. The normalized spacial score (nSPS) is 9.69. The number of hydrogen-bond acceptors (Lipinski definition) is 1. The molecule has 0 saturated heterocycles. The van der Waals surface area contributed by atoms with E-state index in [2.05, 4.69) is 52.4 Å². The summed E-state index contributed by atoms with van der Waals surface area (Å²) in [4.78, 5) is 10.3. The van der Waals surface area contributed by atoms with E-state index >= 15 is 0 Å². The second-order valence-electron chi connectivity index (χ2n) is 2.94. The number of aryl methyl sites for hydroxylation is 1. The zero-order chi connectivity index (χ0) is 9.68. The molecule has 0 aromatic heterocycles. The van der Waals surface area contributed by atoms with Crippen LogP contribution in [-0.4, -0.2) is 11.4 Å². The second kappa shape index (κ2) is 5.02. The van der Waals surface area contributed by atoms with Gasteiger partial charge < -0.3 is 5.32 Å². The summed E-state index contributed by atoms with van der Waals surface area (Å²) < 4.78 is 0. The van der Waals surface area contributed by atoms with Crippen molar-refractivity contribution in [1.29, 1.82) is 0 Å². The summed E-state index contributed by atoms with van der Waals surface area (Å²) in [6.45, 7) is 2.73. The SMILES string of the molecule is Cc1ccc(CCNC(=O)Br)cc1. The number of hydrogen-bond donors (Lipinski definition) is 1. The zero-order valence-electron chi connectivity index (χ0n) is 7.51. The van der Waals surface area contributed by atoms with Gasteiger partial charge in [0.05, 0.1) is 0 Å². The molecule has 0 spiro atoms. The van der Waals surface area contributed by atoms with E-state index in [0.717, 1.165) is 6.42 Å². The average Bonchev–Trinajstić information content (AvgIpc) is 2.08. The first-order chi connectivity index (χ1) is 6.18. The minimum absolute atomic E-state index is 0.153. The highest BCUT2D eigenvalue weighted by Gasteiger charge is 1.94. The average molecular weight is 242 g/mol. The molecule has 1 aromatic carbocycles. The quantitative estimate of drug-likeness (QED) is 0.640. The fourth-order valence-electron chi connectivity index (χ4n) is 1.06. The first-order valence-corrected chi connectivity index (χ1v) is 4.96. The molecule has 2 nitrogen and oxygen atoms in total. The van der Waals surface area contributed by atoms with Crippen molar-refractivity contribution in [2.45, 2.75) is 13.3 Å². The third-order valence-electron chi connectivity index (χ3n) is 1.80. The third-order valence-corrected chi connectivity index (χ3v) is 2.08. The molecule has 0 aliphatic carbocycles. The van der Waals surface area contributed by atoms with E-state index < -0.39 is 0 Å². The van der Waals surface area contributed by atoms with E-state index in [1.54, 1.807) is 0 Å². The predicted molar refractivity (Wildman–Crippen MR) is 57.2 cm³/mol. The predicted octanol–water partition coefficient (Wildman–Crippen LogP) is 2.64. The second-order valence-corrected chi connectivity index (χ2v) is 3.66. The Hall–Kier alpha value is -0.830. The number of nitrogens with one attached hydrogen (secondary N) is 1. The van der Waals surface area contributed by atoms with Crippen LogP contribution in [0.1, 0.15) is 11.1 Å². The smallest absolute Gasteiger partial charge is 0.287 e. The molecule has 70 valence electrons. The van der Waals surface area contributed by atoms with Crippen molar-refractivity contribution in [3.63, 3.8) is 0 Å². The van der Waals surface area contributed by atoms with E-state index in [1.165, 1.54) is 11.1 Å². The molecule has 0 atom stereocenters. The van der Waals surface area contributed by atoms with Crippen LogP contribution in [0.4, 0.5) is 4.79 Å². The van der Waals surface area contributed by atoms with Gasteiger partial charge in [0.2, 0.25) is 0 Å². The van der Waals surface area contributed by atoms with Crippen molar-refractivity contribution < 1.29 is 4.79 Å². The maximum atomic E-state index is 10.5. The van der Waals surface area contributed by atoms with Gasteiger partial charge in [-0.05, 0) is 18.9 Å². The minimum Gasteiger partial charge on any atom is -0.346 e. The Labute approximate surface area is 86.5 Å². The van der Waals surface area contributed by atoms with Gasteiger partial charge in [-0.15, -0.1) is 0 Å². The Bertz CT molecular complexity index is 281. The van der Waals surface area contributed by atoms with E-state index in [4.69, 9.17) is 0 Å². The van der Waals surface area contributed by atoms with Crippen molar-refractivity contribution in [3.05, 3.63) is 35.4 Å². The van der Waals surface area contributed by atoms with Gasteiger partial charge in [-0.2, -0.15) is 0 Å². The molecule has 0 aliphatic rings. The summed E-state index contributed by atoms with van der Waals surface area (Å²) in [5.74, 6) is 0. The topological polar surface area (TPSA) is 29.1 Å². The van der Waals surface area contributed by atoms with E-state index in [1.807, 2.05) is 0 Å². The maximum absolute atomic E-state index is 10.5. The summed E-state index contributed by atoms with van der Waals surface area (Å²) in [6, 6.07) is 8.31. The van der Waals surface area contributed by atoms with Gasteiger partial charge in [-0.25, -0.2) is 0 Å². The Morgan fingerprint density at radius 3 is 2.54 bits per heavy atom. The monoisotopic (exact) mass is 241 g/mol. The van der Waals surface area contributed by atoms with Crippen LogP contribution in [0.2, 0.25) is 0 Å². The number of carbonyl (C=O) groups is 1. The molecule has 0 bridgehead atoms. The molecule has 0 heterocycles. The van der Waals surface area contributed by atoms with Crippen molar-refractivity contribution in [1.82, 2.24) is 5.32 Å². The zero-order valence-corrected chi connectivity index (χ0v) is 9.10. The van der Waals surface area contributed by atoms with Crippen LogP contribution in [0.3, 0.4) is 0 Å². The highest BCUT2D eigenvalue weighted by Crippen LogP contribution is 2.03. The number of rotatable bonds is 3. The molecule has 0 saturated carbocycles. The van der Waals surface area contributed by atoms with E-state index in [0.29, 0.717) is 6.54 Å². The lowest BCUT2D eigenvalue weighted by Gasteiger charge is -2.01. The number of benzene rings is 1. The Morgan fingerprint density at radius 2 is 2.00 bits per heavy atom. The fourth-order valence-corrected chi connectivity index (χ4v) is 1.26. The van der Waals surface area contributed by atoms with Crippen molar-refractivity contribution in [3.8, 4) is 0 Å². The standard InChI is InChI=1S/C10H12BrNO/c1-8-2-4-9(5-3-8)6-7-12-10(11)13/h2-5H,6-7H2,1H3,(H,12,13). The summed E-state index contributed by atoms with van der Waals surface area (Å²) in [6.07, 6.45) is 0.873. The molecule has 0 radical (unpaired) electrons. The van der Waals surface area contributed by atoms with Crippen molar-refractivity contribution in [2.24, 2.45) is 0 Å². The molecular weight excluding hydrogens is 230 g/mol. The van der Waals surface area contributed by atoms with Crippen LogP contribution in [0, 0.1) is 6.92 Å². The summed E-state index contributed by atoms with van der Waals surface area (Å²) in [5, 5.41) is 2.69. The lowest BCUT2D eigenvalue weighted by molar-refractivity contribution is 0.262. The maximum Gasteiger partial charge on any atom is 0.287 e. The van der Waals surface area contributed by atoms with Crippen LogP contribution in [-0.2, 0) is 6.42 Å². The number of amides is 1. The van der Waals surface area contributed by atoms with Gasteiger partial charge >= 0.3 is 0 Å². The molecule has 0 unspecified atom stereocenters. The fraction of sp³-hybridized carbons (Fsp3) is 0.300. The largest absolute Gasteiger partial charge is 0.346 e. The summed E-state index contributed by atoms with van der Waals surface area (Å²) in [5.41, 5.74) is 2.50. The van der Waals surface area contributed by atoms with Gasteiger partial charge in [0, 0.05) is 22.5 Å². The summed E-state index contributed by atoms with van der Waals surface area (Å²) >= 11 is 2.81. The van der Waals surface area contributed by atoms with Gasteiger partial charge in [0.25, 0.3) is 4.82 Å².